The molecular weight excluding hydrogens is 399 g/mol. The van der Waals surface area contributed by atoms with Gasteiger partial charge < -0.3 is 15.0 Å². The number of para-hydroxylation sites is 1. The highest BCUT2D eigenvalue weighted by atomic mass is 79.9. The summed E-state index contributed by atoms with van der Waals surface area (Å²) in [7, 11) is 1.61. The van der Waals surface area contributed by atoms with Gasteiger partial charge in [0.15, 0.2) is 0 Å². The fourth-order valence-electron chi connectivity index (χ4n) is 3.18. The van der Waals surface area contributed by atoms with Gasteiger partial charge in [0, 0.05) is 19.5 Å². The van der Waals surface area contributed by atoms with Crippen LogP contribution in [0.1, 0.15) is 24.8 Å². The first-order valence-electron chi connectivity index (χ1n) is 8.74. The highest BCUT2D eigenvalue weighted by molar-refractivity contribution is 9.10. The molecule has 4 nitrogen and oxygen atoms in total. The molecule has 2 aromatic carbocycles. The number of methoxy groups -OCH3 is 1. The van der Waals surface area contributed by atoms with Gasteiger partial charge in [0.1, 0.15) is 17.3 Å². The van der Waals surface area contributed by atoms with E-state index in [9.17, 15) is 9.18 Å². The number of hydrogen-bond acceptors (Lipinski definition) is 3. The van der Waals surface area contributed by atoms with Crippen molar-refractivity contribution in [3.8, 4) is 5.75 Å². The molecule has 0 unspecified atom stereocenters. The fraction of sp³-hybridized carbons (Fsp3) is 0.350. The van der Waals surface area contributed by atoms with Gasteiger partial charge in [-0.25, -0.2) is 4.39 Å². The van der Waals surface area contributed by atoms with Gasteiger partial charge in [0.25, 0.3) is 0 Å². The number of carbonyl (C=O) groups is 1. The van der Waals surface area contributed by atoms with Crippen LogP contribution >= 0.6 is 15.9 Å². The molecule has 1 aliphatic heterocycles. The van der Waals surface area contributed by atoms with Crippen molar-refractivity contribution in [2.45, 2.75) is 25.7 Å². The maximum atomic E-state index is 14.3. The maximum Gasteiger partial charge on any atom is 0.224 e. The molecule has 0 aromatic heterocycles. The Balaban J connectivity index is 1.66. The zero-order valence-electron chi connectivity index (χ0n) is 14.7. The average molecular weight is 421 g/mol. The van der Waals surface area contributed by atoms with Crippen LogP contribution in [0.25, 0.3) is 0 Å². The second kappa shape index (κ2) is 8.54. The van der Waals surface area contributed by atoms with Crippen LogP contribution in [-0.2, 0) is 11.2 Å². The van der Waals surface area contributed by atoms with Crippen LogP contribution in [0.3, 0.4) is 0 Å². The van der Waals surface area contributed by atoms with E-state index in [1.165, 1.54) is 6.07 Å². The molecule has 1 fully saturated rings. The van der Waals surface area contributed by atoms with Crippen molar-refractivity contribution in [1.29, 1.82) is 0 Å². The second-order valence-corrected chi connectivity index (χ2v) is 7.20. The molecule has 3 rings (SSSR count). The molecule has 0 radical (unpaired) electrons. The van der Waals surface area contributed by atoms with E-state index < -0.39 is 5.82 Å². The van der Waals surface area contributed by atoms with E-state index in [-0.39, 0.29) is 18.0 Å². The van der Waals surface area contributed by atoms with Gasteiger partial charge in [0.2, 0.25) is 5.91 Å². The van der Waals surface area contributed by atoms with Gasteiger partial charge in [-0.2, -0.15) is 0 Å². The summed E-state index contributed by atoms with van der Waals surface area (Å²) in [5.41, 5.74) is 2.07. The normalized spacial score (nSPS) is 13.7. The number of halogens is 2. The van der Waals surface area contributed by atoms with Crippen molar-refractivity contribution >= 4 is 33.2 Å². The summed E-state index contributed by atoms with van der Waals surface area (Å²) in [5.74, 6) is 0.164. The Labute approximate surface area is 161 Å². The van der Waals surface area contributed by atoms with Gasteiger partial charge in [-0.15, -0.1) is 0 Å². The minimum atomic E-state index is -0.394. The van der Waals surface area contributed by atoms with E-state index in [1.807, 2.05) is 24.3 Å². The van der Waals surface area contributed by atoms with Crippen molar-refractivity contribution in [3.05, 3.63) is 52.3 Å². The Morgan fingerprint density at radius 1 is 1.27 bits per heavy atom. The highest BCUT2D eigenvalue weighted by Crippen LogP contribution is 2.31. The lowest BCUT2D eigenvalue weighted by atomic mass is 10.1. The highest BCUT2D eigenvalue weighted by Gasteiger charge is 2.19. The molecule has 1 saturated heterocycles. The Hall–Kier alpha value is -2.08. The lowest BCUT2D eigenvalue weighted by Crippen LogP contribution is -2.22. The van der Waals surface area contributed by atoms with Crippen molar-refractivity contribution in [2.24, 2.45) is 0 Å². The predicted octanol–water partition coefficient (Wildman–Crippen LogP) is 4.77. The van der Waals surface area contributed by atoms with Crippen molar-refractivity contribution < 1.29 is 13.9 Å². The molecule has 1 amide bonds. The number of aryl methyl sites for hydroxylation is 1. The first-order chi connectivity index (χ1) is 12.6. The predicted molar refractivity (Wildman–Crippen MR) is 105 cm³/mol. The van der Waals surface area contributed by atoms with E-state index in [4.69, 9.17) is 4.74 Å². The summed E-state index contributed by atoms with van der Waals surface area (Å²) >= 11 is 3.44. The van der Waals surface area contributed by atoms with Gasteiger partial charge in [-0.1, -0.05) is 12.1 Å². The molecule has 0 aliphatic carbocycles. The number of ether oxygens (including phenoxy) is 1. The van der Waals surface area contributed by atoms with Crippen LogP contribution in [0.5, 0.6) is 5.75 Å². The number of rotatable bonds is 6. The van der Waals surface area contributed by atoms with Crippen molar-refractivity contribution in [1.82, 2.24) is 0 Å². The number of nitrogens with zero attached hydrogens (tertiary/aromatic N) is 1. The molecule has 6 heteroatoms. The van der Waals surface area contributed by atoms with Crippen LogP contribution in [0.15, 0.2) is 40.9 Å². The SMILES string of the molecule is COc1ccc(CCC(=O)Nc2c(F)cccc2N2CCCC2)cc1Br. The number of carbonyl (C=O) groups excluding carboxylic acids is 1. The monoisotopic (exact) mass is 420 g/mol. The standard InChI is InChI=1S/C20H22BrFN2O2/c1-26-18-9-7-14(13-15(18)21)8-10-19(25)23-20-16(22)5-4-6-17(20)24-11-2-3-12-24/h4-7,9,13H,2-3,8,10-12H2,1H3,(H,23,25). The number of nitrogens with one attached hydrogen (secondary N) is 1. The molecular formula is C20H22BrFN2O2. The Morgan fingerprint density at radius 3 is 2.73 bits per heavy atom. The van der Waals surface area contributed by atoms with Crippen LogP contribution in [0, 0.1) is 5.82 Å². The summed E-state index contributed by atoms with van der Waals surface area (Å²) in [6, 6.07) is 10.7. The Bertz CT molecular complexity index is 791. The molecule has 1 heterocycles. The molecule has 0 atom stereocenters. The lowest BCUT2D eigenvalue weighted by Gasteiger charge is -2.22. The Kier molecular flexibility index (Phi) is 6.14. The van der Waals surface area contributed by atoms with Gasteiger partial charge in [-0.3, -0.25) is 4.79 Å². The largest absolute Gasteiger partial charge is 0.496 e. The van der Waals surface area contributed by atoms with Crippen LogP contribution in [0.4, 0.5) is 15.8 Å². The van der Waals surface area contributed by atoms with Crippen LogP contribution in [-0.4, -0.2) is 26.1 Å². The topological polar surface area (TPSA) is 41.6 Å². The molecule has 0 spiro atoms. The van der Waals surface area contributed by atoms with Gasteiger partial charge >= 0.3 is 0 Å². The molecule has 0 bridgehead atoms. The number of hydrogen-bond donors (Lipinski definition) is 1. The lowest BCUT2D eigenvalue weighted by molar-refractivity contribution is -0.116. The van der Waals surface area contributed by atoms with Crippen molar-refractivity contribution in [2.75, 3.05) is 30.4 Å². The zero-order valence-corrected chi connectivity index (χ0v) is 16.3. The van der Waals surface area contributed by atoms with E-state index in [0.717, 1.165) is 47.4 Å². The summed E-state index contributed by atoms with van der Waals surface area (Å²) < 4.78 is 20.4. The third kappa shape index (κ3) is 4.36. The quantitative estimate of drug-likeness (QED) is 0.731. The van der Waals surface area contributed by atoms with E-state index in [0.29, 0.717) is 6.42 Å². The third-order valence-electron chi connectivity index (χ3n) is 4.56. The molecule has 1 aliphatic rings. The second-order valence-electron chi connectivity index (χ2n) is 6.35. The fourth-order valence-corrected chi connectivity index (χ4v) is 3.77. The maximum absolute atomic E-state index is 14.3. The first kappa shape index (κ1) is 18.7. The minimum Gasteiger partial charge on any atom is -0.496 e. The third-order valence-corrected chi connectivity index (χ3v) is 5.18. The van der Waals surface area contributed by atoms with E-state index in [1.54, 1.807) is 13.2 Å². The summed E-state index contributed by atoms with van der Waals surface area (Å²) in [5, 5.41) is 2.77. The average Bonchev–Trinajstić information content (AvgIpc) is 3.16. The molecule has 1 N–H and O–H groups in total. The minimum absolute atomic E-state index is 0.192. The Morgan fingerprint density at radius 2 is 2.04 bits per heavy atom. The number of anilines is 2. The summed E-state index contributed by atoms with van der Waals surface area (Å²) in [4.78, 5) is 14.5. The van der Waals surface area contributed by atoms with E-state index >= 15 is 0 Å². The summed E-state index contributed by atoms with van der Waals surface area (Å²) in [6.07, 6.45) is 3.04. The zero-order chi connectivity index (χ0) is 18.5. The first-order valence-corrected chi connectivity index (χ1v) is 9.53. The number of amides is 1. The van der Waals surface area contributed by atoms with Gasteiger partial charge in [0.05, 0.1) is 17.3 Å². The molecule has 0 saturated carbocycles. The van der Waals surface area contributed by atoms with Crippen molar-refractivity contribution in [3.63, 3.8) is 0 Å². The van der Waals surface area contributed by atoms with Crippen LogP contribution in [0.2, 0.25) is 0 Å². The van der Waals surface area contributed by atoms with Gasteiger partial charge in [-0.05, 0) is 65.0 Å². The molecule has 26 heavy (non-hydrogen) atoms. The van der Waals surface area contributed by atoms with E-state index in [2.05, 4.69) is 26.1 Å². The number of benzene rings is 2. The summed E-state index contributed by atoms with van der Waals surface area (Å²) in [6.45, 7) is 1.79. The smallest absolute Gasteiger partial charge is 0.224 e. The van der Waals surface area contributed by atoms with Crippen LogP contribution < -0.4 is 15.0 Å². The molecule has 138 valence electrons. The molecule has 2 aromatic rings.